The highest BCUT2D eigenvalue weighted by Gasteiger charge is 2.57. The second-order valence-electron chi connectivity index (χ2n) is 7.82. The van der Waals surface area contributed by atoms with Crippen LogP contribution >= 0.6 is 0 Å². The van der Waals surface area contributed by atoms with Gasteiger partial charge in [0, 0.05) is 5.56 Å². The van der Waals surface area contributed by atoms with Crippen LogP contribution in [0.25, 0.3) is 0 Å². The molecule has 24 heavy (non-hydrogen) atoms. The molecule has 4 nitrogen and oxygen atoms in total. The lowest BCUT2D eigenvalue weighted by Crippen LogP contribution is -2.45. The van der Waals surface area contributed by atoms with Crippen LogP contribution in [-0.4, -0.2) is 29.0 Å². The van der Waals surface area contributed by atoms with Crippen LogP contribution in [0.1, 0.15) is 49.9 Å². The Hall–Kier alpha value is -1.97. The average Bonchev–Trinajstić information content (AvgIpc) is 3.28. The number of amides is 1. The van der Waals surface area contributed by atoms with Crippen LogP contribution in [0.5, 0.6) is 0 Å². The van der Waals surface area contributed by atoms with Gasteiger partial charge in [0.15, 0.2) is 5.78 Å². The van der Waals surface area contributed by atoms with Gasteiger partial charge in [-0.25, -0.2) is 5.01 Å². The minimum atomic E-state index is -0.517. The number of hydrazone groups is 1. The number of hydrogen-bond donors (Lipinski definition) is 0. The second-order valence-corrected chi connectivity index (χ2v) is 7.82. The van der Waals surface area contributed by atoms with Gasteiger partial charge in [0.05, 0.1) is 11.1 Å². The summed E-state index contributed by atoms with van der Waals surface area (Å²) in [5, 5.41) is 5.91. The Balaban J connectivity index is 1.53. The Kier molecular flexibility index (Phi) is 3.59. The third kappa shape index (κ3) is 2.23. The molecular formula is C20H24N2O2. The van der Waals surface area contributed by atoms with Crippen LogP contribution in [-0.2, 0) is 4.79 Å². The standard InChI is InChI=1S/C20H24N2O2/c1-13-20(2,17-11-14-8-9-16(17)10-14)19(24)22(21-13)12-18(23)15-6-4-3-5-7-15/h3-7,14,16-17H,8-12H2,1-2H3/t14?,16?,17-,20?/m1/s1. The third-order valence-electron chi connectivity index (χ3n) is 6.57. The molecule has 1 heterocycles. The molecule has 2 aliphatic carbocycles. The fourth-order valence-corrected chi connectivity index (χ4v) is 5.09. The first-order valence-electron chi connectivity index (χ1n) is 8.96. The Bertz CT molecular complexity index is 712. The van der Waals surface area contributed by atoms with Crippen molar-refractivity contribution in [2.45, 2.75) is 39.5 Å². The first kappa shape index (κ1) is 15.6. The molecule has 1 aromatic carbocycles. The van der Waals surface area contributed by atoms with Gasteiger partial charge in [-0.15, -0.1) is 0 Å². The molecular weight excluding hydrogens is 300 g/mol. The topological polar surface area (TPSA) is 49.7 Å². The Morgan fingerprint density at radius 1 is 1.25 bits per heavy atom. The number of benzene rings is 1. The number of nitrogens with zero attached hydrogens (tertiary/aromatic N) is 2. The van der Waals surface area contributed by atoms with Crippen molar-refractivity contribution in [1.82, 2.24) is 5.01 Å². The molecule has 4 rings (SSSR count). The van der Waals surface area contributed by atoms with Crippen LogP contribution in [0.2, 0.25) is 0 Å². The van der Waals surface area contributed by atoms with Crippen molar-refractivity contribution in [1.29, 1.82) is 0 Å². The van der Waals surface area contributed by atoms with Gasteiger partial charge in [-0.1, -0.05) is 36.8 Å². The van der Waals surface area contributed by atoms with E-state index in [1.165, 1.54) is 24.3 Å². The summed E-state index contributed by atoms with van der Waals surface area (Å²) in [6, 6.07) is 9.13. The fraction of sp³-hybridized carbons (Fsp3) is 0.550. The van der Waals surface area contributed by atoms with E-state index < -0.39 is 5.41 Å². The maximum absolute atomic E-state index is 13.1. The van der Waals surface area contributed by atoms with Crippen molar-refractivity contribution >= 4 is 17.4 Å². The number of fused-ring (bicyclic) bond motifs is 2. The number of carbonyl (C=O) groups excluding carboxylic acids is 2. The average molecular weight is 324 g/mol. The Morgan fingerprint density at radius 3 is 2.62 bits per heavy atom. The van der Waals surface area contributed by atoms with E-state index in [0.29, 0.717) is 17.4 Å². The molecule has 0 aromatic heterocycles. The van der Waals surface area contributed by atoms with Gasteiger partial charge < -0.3 is 0 Å². The van der Waals surface area contributed by atoms with Crippen LogP contribution in [0.15, 0.2) is 35.4 Å². The van der Waals surface area contributed by atoms with E-state index in [1.54, 1.807) is 12.1 Å². The number of carbonyl (C=O) groups is 2. The summed E-state index contributed by atoms with van der Waals surface area (Å²) in [6.45, 7) is 4.04. The van der Waals surface area contributed by atoms with Gasteiger partial charge >= 0.3 is 0 Å². The molecule has 2 bridgehead atoms. The molecule has 0 radical (unpaired) electrons. The van der Waals surface area contributed by atoms with Crippen molar-refractivity contribution < 1.29 is 9.59 Å². The molecule has 3 aliphatic rings. The van der Waals surface area contributed by atoms with E-state index >= 15 is 0 Å². The SMILES string of the molecule is CC1=NN(CC(=O)c2ccccc2)C(=O)C1(C)[C@@H]1CC2CCC1C2. The summed E-state index contributed by atoms with van der Waals surface area (Å²) in [7, 11) is 0. The van der Waals surface area contributed by atoms with E-state index in [9.17, 15) is 9.59 Å². The highest BCUT2D eigenvalue weighted by atomic mass is 16.2. The van der Waals surface area contributed by atoms with E-state index in [4.69, 9.17) is 0 Å². The minimum absolute atomic E-state index is 0.0156. The summed E-state index contributed by atoms with van der Waals surface area (Å²) in [5.74, 6) is 1.79. The maximum Gasteiger partial charge on any atom is 0.255 e. The Labute approximate surface area is 142 Å². The number of Topliss-reactive ketones (excluding diaryl/α,β-unsaturated/α-hetero) is 1. The lowest BCUT2D eigenvalue weighted by Gasteiger charge is -2.35. The van der Waals surface area contributed by atoms with Crippen LogP contribution < -0.4 is 0 Å². The summed E-state index contributed by atoms with van der Waals surface area (Å²) < 4.78 is 0. The third-order valence-corrected chi connectivity index (χ3v) is 6.57. The number of rotatable bonds is 4. The molecule has 0 N–H and O–H groups in total. The second kappa shape index (κ2) is 5.54. The zero-order chi connectivity index (χ0) is 16.9. The molecule has 4 heteroatoms. The van der Waals surface area contributed by atoms with E-state index in [2.05, 4.69) is 5.10 Å². The predicted octanol–water partition coefficient (Wildman–Crippen LogP) is 3.53. The summed E-state index contributed by atoms with van der Waals surface area (Å²) in [6.07, 6.45) is 4.97. The molecule has 1 amide bonds. The summed E-state index contributed by atoms with van der Waals surface area (Å²) in [5.41, 5.74) is 0.995. The quantitative estimate of drug-likeness (QED) is 0.796. The molecule has 126 valence electrons. The van der Waals surface area contributed by atoms with Gasteiger partial charge in [-0.3, -0.25) is 9.59 Å². The monoisotopic (exact) mass is 324 g/mol. The van der Waals surface area contributed by atoms with Gasteiger partial charge in [-0.05, 0) is 50.9 Å². The van der Waals surface area contributed by atoms with Crippen molar-refractivity contribution in [3.05, 3.63) is 35.9 Å². The minimum Gasteiger partial charge on any atom is -0.292 e. The number of ketones is 1. The van der Waals surface area contributed by atoms with Crippen LogP contribution in [0, 0.1) is 23.2 Å². The smallest absolute Gasteiger partial charge is 0.255 e. The van der Waals surface area contributed by atoms with Crippen LogP contribution in [0.4, 0.5) is 0 Å². The highest BCUT2D eigenvalue weighted by molar-refractivity contribution is 6.12. The molecule has 3 unspecified atom stereocenters. The highest BCUT2D eigenvalue weighted by Crippen LogP contribution is 2.56. The normalized spacial score (nSPS) is 34.8. The van der Waals surface area contributed by atoms with Crippen molar-refractivity contribution in [3.8, 4) is 0 Å². The molecule has 4 atom stereocenters. The lowest BCUT2D eigenvalue weighted by molar-refractivity contribution is -0.138. The lowest BCUT2D eigenvalue weighted by atomic mass is 9.66. The van der Waals surface area contributed by atoms with Crippen molar-refractivity contribution in [3.63, 3.8) is 0 Å². The van der Waals surface area contributed by atoms with Gasteiger partial charge in [0.1, 0.15) is 6.54 Å². The van der Waals surface area contributed by atoms with Crippen molar-refractivity contribution in [2.75, 3.05) is 6.54 Å². The number of hydrogen-bond acceptors (Lipinski definition) is 3. The fourth-order valence-electron chi connectivity index (χ4n) is 5.09. The van der Waals surface area contributed by atoms with Gasteiger partial charge in [0.2, 0.25) is 0 Å². The molecule has 1 aliphatic heterocycles. The van der Waals surface area contributed by atoms with Crippen LogP contribution in [0.3, 0.4) is 0 Å². The molecule has 2 saturated carbocycles. The first-order chi connectivity index (χ1) is 11.5. The Morgan fingerprint density at radius 2 is 2.00 bits per heavy atom. The molecule has 2 fully saturated rings. The first-order valence-corrected chi connectivity index (χ1v) is 8.96. The van der Waals surface area contributed by atoms with Gasteiger partial charge in [0.25, 0.3) is 5.91 Å². The van der Waals surface area contributed by atoms with E-state index in [1.807, 2.05) is 32.0 Å². The largest absolute Gasteiger partial charge is 0.292 e. The maximum atomic E-state index is 13.1. The van der Waals surface area contributed by atoms with Gasteiger partial charge in [-0.2, -0.15) is 5.10 Å². The van der Waals surface area contributed by atoms with E-state index in [-0.39, 0.29) is 18.2 Å². The molecule has 0 saturated heterocycles. The van der Waals surface area contributed by atoms with E-state index in [0.717, 1.165) is 18.1 Å². The molecule has 1 aromatic rings. The van der Waals surface area contributed by atoms with Crippen molar-refractivity contribution in [2.24, 2.45) is 28.3 Å². The predicted molar refractivity (Wildman–Crippen MR) is 92.6 cm³/mol. The zero-order valence-electron chi connectivity index (χ0n) is 14.4. The summed E-state index contributed by atoms with van der Waals surface area (Å²) >= 11 is 0. The zero-order valence-corrected chi connectivity index (χ0v) is 14.4. The molecule has 0 spiro atoms. The summed E-state index contributed by atoms with van der Waals surface area (Å²) in [4.78, 5) is 25.6.